The summed E-state index contributed by atoms with van der Waals surface area (Å²) >= 11 is 0. The van der Waals surface area contributed by atoms with E-state index in [0.29, 0.717) is 12.5 Å². The Balaban J connectivity index is 2.02. The molecular weight excluding hydrogens is 272 g/mol. The Kier molecular flexibility index (Phi) is 4.78. The SMILES string of the molecule is Cc1ccccc1-n1ncc(NCCN)c1C1CCCCC1. The Morgan fingerprint density at radius 2 is 2.00 bits per heavy atom. The number of rotatable bonds is 5. The van der Waals surface area contributed by atoms with Crippen LogP contribution >= 0.6 is 0 Å². The predicted molar refractivity (Wildman–Crippen MR) is 91.7 cm³/mol. The van der Waals surface area contributed by atoms with Crippen LogP contribution < -0.4 is 11.1 Å². The number of para-hydroxylation sites is 1. The van der Waals surface area contributed by atoms with E-state index < -0.39 is 0 Å². The van der Waals surface area contributed by atoms with Crippen LogP contribution in [0.5, 0.6) is 0 Å². The van der Waals surface area contributed by atoms with Gasteiger partial charge in [0, 0.05) is 19.0 Å². The van der Waals surface area contributed by atoms with Crippen molar-refractivity contribution in [2.75, 3.05) is 18.4 Å². The minimum Gasteiger partial charge on any atom is -0.381 e. The number of benzene rings is 1. The Hall–Kier alpha value is -1.81. The van der Waals surface area contributed by atoms with Gasteiger partial charge in [-0.25, -0.2) is 4.68 Å². The molecule has 0 amide bonds. The van der Waals surface area contributed by atoms with Crippen LogP contribution in [0.3, 0.4) is 0 Å². The number of anilines is 1. The fourth-order valence-electron chi connectivity index (χ4n) is 3.46. The van der Waals surface area contributed by atoms with E-state index in [2.05, 4.69) is 46.3 Å². The Morgan fingerprint density at radius 1 is 1.23 bits per heavy atom. The number of nitrogens with one attached hydrogen (secondary N) is 1. The van der Waals surface area contributed by atoms with Gasteiger partial charge in [0.25, 0.3) is 0 Å². The van der Waals surface area contributed by atoms with Crippen molar-refractivity contribution < 1.29 is 0 Å². The maximum atomic E-state index is 5.66. The highest BCUT2D eigenvalue weighted by atomic mass is 15.3. The predicted octanol–water partition coefficient (Wildman–Crippen LogP) is 3.60. The van der Waals surface area contributed by atoms with Crippen LogP contribution in [0.1, 0.15) is 49.3 Å². The number of nitrogens with zero attached hydrogens (tertiary/aromatic N) is 2. The molecule has 1 heterocycles. The average molecular weight is 298 g/mol. The summed E-state index contributed by atoms with van der Waals surface area (Å²) < 4.78 is 2.14. The largest absolute Gasteiger partial charge is 0.381 e. The molecule has 1 fully saturated rings. The van der Waals surface area contributed by atoms with E-state index in [1.807, 2.05) is 6.20 Å². The molecule has 0 atom stereocenters. The van der Waals surface area contributed by atoms with Crippen molar-refractivity contribution in [1.82, 2.24) is 9.78 Å². The molecule has 1 aromatic heterocycles. The fourth-order valence-corrected chi connectivity index (χ4v) is 3.46. The minimum absolute atomic E-state index is 0.594. The highest BCUT2D eigenvalue weighted by molar-refractivity contribution is 5.53. The van der Waals surface area contributed by atoms with Crippen LogP contribution in [-0.4, -0.2) is 22.9 Å². The van der Waals surface area contributed by atoms with Gasteiger partial charge in [-0.2, -0.15) is 5.10 Å². The average Bonchev–Trinajstić information content (AvgIpc) is 2.98. The zero-order valence-corrected chi connectivity index (χ0v) is 13.4. The summed E-state index contributed by atoms with van der Waals surface area (Å²) in [5, 5.41) is 8.15. The molecule has 0 bridgehead atoms. The Morgan fingerprint density at radius 3 is 2.73 bits per heavy atom. The third-order valence-corrected chi connectivity index (χ3v) is 4.60. The second-order valence-corrected chi connectivity index (χ2v) is 6.19. The molecule has 0 spiro atoms. The van der Waals surface area contributed by atoms with E-state index in [9.17, 15) is 0 Å². The van der Waals surface area contributed by atoms with Crippen LogP contribution in [0, 0.1) is 6.92 Å². The van der Waals surface area contributed by atoms with Crippen LogP contribution in [0.4, 0.5) is 5.69 Å². The van der Waals surface area contributed by atoms with Crippen molar-refractivity contribution >= 4 is 5.69 Å². The molecule has 0 saturated heterocycles. The third kappa shape index (κ3) is 3.02. The van der Waals surface area contributed by atoms with Gasteiger partial charge in [-0.05, 0) is 31.4 Å². The normalized spacial score (nSPS) is 15.9. The van der Waals surface area contributed by atoms with Gasteiger partial charge in [-0.1, -0.05) is 37.5 Å². The van der Waals surface area contributed by atoms with E-state index >= 15 is 0 Å². The molecule has 2 aromatic rings. The summed E-state index contributed by atoms with van der Waals surface area (Å²) in [6, 6.07) is 8.47. The van der Waals surface area contributed by atoms with Crippen molar-refractivity contribution in [2.24, 2.45) is 5.73 Å². The highest BCUT2D eigenvalue weighted by Crippen LogP contribution is 2.37. The second kappa shape index (κ2) is 6.97. The quantitative estimate of drug-likeness (QED) is 0.886. The van der Waals surface area contributed by atoms with Crippen molar-refractivity contribution in [3.63, 3.8) is 0 Å². The van der Waals surface area contributed by atoms with Gasteiger partial charge in [-0.3, -0.25) is 0 Å². The molecule has 1 saturated carbocycles. The molecule has 4 nitrogen and oxygen atoms in total. The lowest BCUT2D eigenvalue weighted by Gasteiger charge is -2.24. The number of nitrogens with two attached hydrogens (primary N) is 1. The van der Waals surface area contributed by atoms with Crippen LogP contribution in [0.25, 0.3) is 5.69 Å². The van der Waals surface area contributed by atoms with Gasteiger partial charge in [0.05, 0.1) is 23.3 Å². The fraction of sp³-hybridized carbons (Fsp3) is 0.500. The first-order valence-electron chi connectivity index (χ1n) is 8.39. The molecule has 4 heteroatoms. The van der Waals surface area contributed by atoms with E-state index in [1.54, 1.807) is 0 Å². The summed E-state index contributed by atoms with van der Waals surface area (Å²) in [6.07, 6.45) is 8.48. The highest BCUT2D eigenvalue weighted by Gasteiger charge is 2.24. The van der Waals surface area contributed by atoms with Gasteiger partial charge < -0.3 is 11.1 Å². The van der Waals surface area contributed by atoms with Crippen molar-refractivity contribution in [3.8, 4) is 5.69 Å². The molecular formula is C18H26N4. The first kappa shape index (κ1) is 15.1. The minimum atomic E-state index is 0.594. The first-order valence-corrected chi connectivity index (χ1v) is 8.39. The summed E-state index contributed by atoms with van der Waals surface area (Å²) in [5.74, 6) is 0.594. The molecule has 0 aliphatic heterocycles. The molecule has 0 radical (unpaired) electrons. The molecule has 1 aliphatic rings. The van der Waals surface area contributed by atoms with E-state index in [1.165, 1.54) is 49.0 Å². The number of hydrogen-bond acceptors (Lipinski definition) is 3. The Labute approximate surface area is 132 Å². The second-order valence-electron chi connectivity index (χ2n) is 6.19. The number of aromatic nitrogens is 2. The summed E-state index contributed by atoms with van der Waals surface area (Å²) in [6.45, 7) is 3.58. The standard InChI is InChI=1S/C18H26N4/c1-14-7-5-6-10-17(14)22-18(15-8-3-2-4-9-15)16(13-21-22)20-12-11-19/h5-7,10,13,15,20H,2-4,8-9,11-12,19H2,1H3. The van der Waals surface area contributed by atoms with Crippen molar-refractivity contribution in [1.29, 1.82) is 0 Å². The monoisotopic (exact) mass is 298 g/mol. The zero-order valence-electron chi connectivity index (χ0n) is 13.4. The van der Waals surface area contributed by atoms with Gasteiger partial charge >= 0.3 is 0 Å². The lowest BCUT2D eigenvalue weighted by Crippen LogP contribution is -2.17. The van der Waals surface area contributed by atoms with Crippen LogP contribution in [-0.2, 0) is 0 Å². The maximum absolute atomic E-state index is 5.66. The van der Waals surface area contributed by atoms with Crippen molar-refractivity contribution in [2.45, 2.75) is 44.9 Å². The van der Waals surface area contributed by atoms with Crippen molar-refractivity contribution in [3.05, 3.63) is 41.7 Å². The Bertz CT molecular complexity index is 611. The van der Waals surface area contributed by atoms with Gasteiger partial charge in [0.15, 0.2) is 0 Å². The third-order valence-electron chi connectivity index (χ3n) is 4.60. The lowest BCUT2D eigenvalue weighted by atomic mass is 9.86. The lowest BCUT2D eigenvalue weighted by molar-refractivity contribution is 0.430. The summed E-state index contributed by atoms with van der Waals surface area (Å²) in [7, 11) is 0. The first-order chi connectivity index (χ1) is 10.8. The van der Waals surface area contributed by atoms with E-state index in [4.69, 9.17) is 5.73 Å². The molecule has 0 unspecified atom stereocenters. The van der Waals surface area contributed by atoms with Gasteiger partial charge in [0.1, 0.15) is 0 Å². The van der Waals surface area contributed by atoms with Gasteiger partial charge in [0.2, 0.25) is 0 Å². The number of aryl methyl sites for hydroxylation is 1. The van der Waals surface area contributed by atoms with Gasteiger partial charge in [-0.15, -0.1) is 0 Å². The van der Waals surface area contributed by atoms with Crippen LogP contribution in [0.15, 0.2) is 30.5 Å². The summed E-state index contributed by atoms with van der Waals surface area (Å²) in [4.78, 5) is 0. The zero-order chi connectivity index (χ0) is 15.4. The smallest absolute Gasteiger partial charge is 0.0767 e. The maximum Gasteiger partial charge on any atom is 0.0767 e. The number of hydrogen-bond donors (Lipinski definition) is 2. The van der Waals surface area contributed by atoms with Crippen LogP contribution in [0.2, 0.25) is 0 Å². The molecule has 1 aromatic carbocycles. The molecule has 1 aliphatic carbocycles. The molecule has 118 valence electrons. The topological polar surface area (TPSA) is 55.9 Å². The molecule has 3 rings (SSSR count). The summed E-state index contributed by atoms with van der Waals surface area (Å²) in [5.41, 5.74) is 10.6. The van der Waals surface area contributed by atoms with E-state index in [0.717, 1.165) is 12.2 Å². The van der Waals surface area contributed by atoms with E-state index in [-0.39, 0.29) is 0 Å². The molecule has 3 N–H and O–H groups in total. The molecule has 22 heavy (non-hydrogen) atoms.